The van der Waals surface area contributed by atoms with Crippen molar-refractivity contribution >= 4 is 28.4 Å². The van der Waals surface area contributed by atoms with E-state index in [-0.39, 0.29) is 0 Å². The first kappa shape index (κ1) is 13.0. The van der Waals surface area contributed by atoms with Gasteiger partial charge in [-0.15, -0.1) is 0 Å². The Bertz CT molecular complexity index is 343. The maximum Gasteiger partial charge on any atom is 0.139 e. The summed E-state index contributed by atoms with van der Waals surface area (Å²) < 4.78 is 12.2. The smallest absolute Gasteiger partial charge is 0.139 e. The van der Waals surface area contributed by atoms with Gasteiger partial charge in [-0.25, -0.2) is 4.98 Å². The second-order valence-electron chi connectivity index (χ2n) is 3.97. The number of hydrogen-bond acceptors (Lipinski definition) is 4. The molecule has 0 spiro atoms. The van der Waals surface area contributed by atoms with Gasteiger partial charge in [0.1, 0.15) is 5.82 Å². The summed E-state index contributed by atoms with van der Waals surface area (Å²) in [5, 5.41) is 3.25. The van der Waals surface area contributed by atoms with Crippen LogP contribution in [-0.2, 0) is 9.47 Å². The van der Waals surface area contributed by atoms with Gasteiger partial charge in [0.25, 0.3) is 0 Å². The van der Waals surface area contributed by atoms with Crippen LogP contribution in [0, 0.1) is 3.57 Å². The molecule has 0 amide bonds. The minimum Gasteiger partial charge on any atom is -0.377 e. The zero-order valence-electron chi connectivity index (χ0n) is 9.69. The highest BCUT2D eigenvalue weighted by Gasteiger charge is 2.14. The molecule has 1 aromatic rings. The van der Waals surface area contributed by atoms with Crippen LogP contribution in [0.15, 0.2) is 18.3 Å². The highest BCUT2D eigenvalue weighted by molar-refractivity contribution is 14.1. The topological polar surface area (TPSA) is 43.4 Å². The fraction of sp³-hybridized carbons (Fsp3) is 0.583. The van der Waals surface area contributed by atoms with Gasteiger partial charge in [0, 0.05) is 19.3 Å². The molecule has 0 aromatic carbocycles. The first-order valence-corrected chi connectivity index (χ1v) is 6.98. The molecular formula is C12H17IN2O2. The van der Waals surface area contributed by atoms with E-state index in [0.29, 0.717) is 19.3 Å². The summed E-state index contributed by atoms with van der Waals surface area (Å²) in [5.41, 5.74) is 0. The van der Waals surface area contributed by atoms with Gasteiger partial charge >= 0.3 is 0 Å². The number of aromatic nitrogens is 1. The molecule has 1 saturated heterocycles. The van der Waals surface area contributed by atoms with Crippen molar-refractivity contribution in [2.45, 2.75) is 18.9 Å². The molecule has 1 N–H and O–H groups in total. The Labute approximate surface area is 115 Å². The summed E-state index contributed by atoms with van der Waals surface area (Å²) in [6.45, 7) is 3.06. The Morgan fingerprint density at radius 1 is 1.59 bits per heavy atom. The Kier molecular flexibility index (Phi) is 5.47. The second kappa shape index (κ2) is 7.13. The SMILES string of the molecule is Ic1cccnc1NCCOC[C@@H]1CCCO1. The molecule has 1 aliphatic rings. The number of rotatable bonds is 6. The zero-order chi connectivity index (χ0) is 11.9. The minimum atomic E-state index is 0.310. The second-order valence-corrected chi connectivity index (χ2v) is 5.13. The van der Waals surface area contributed by atoms with Crippen molar-refractivity contribution in [1.29, 1.82) is 0 Å². The van der Waals surface area contributed by atoms with Crippen LogP contribution in [0.5, 0.6) is 0 Å². The third-order valence-corrected chi connectivity index (χ3v) is 3.50. The third-order valence-electron chi connectivity index (χ3n) is 2.63. The zero-order valence-corrected chi connectivity index (χ0v) is 11.9. The van der Waals surface area contributed by atoms with Crippen LogP contribution in [-0.4, -0.2) is 37.5 Å². The number of hydrogen-bond donors (Lipinski definition) is 1. The summed E-state index contributed by atoms with van der Waals surface area (Å²) in [6.07, 6.45) is 4.40. The van der Waals surface area contributed by atoms with E-state index < -0.39 is 0 Å². The highest BCUT2D eigenvalue weighted by Crippen LogP contribution is 2.13. The number of nitrogens with one attached hydrogen (secondary N) is 1. The number of nitrogens with zero attached hydrogens (tertiary/aromatic N) is 1. The van der Waals surface area contributed by atoms with Crippen LogP contribution in [0.2, 0.25) is 0 Å². The van der Waals surface area contributed by atoms with Crippen LogP contribution in [0.4, 0.5) is 5.82 Å². The Morgan fingerprint density at radius 2 is 2.53 bits per heavy atom. The Hall–Kier alpha value is -0.400. The van der Waals surface area contributed by atoms with Crippen molar-refractivity contribution < 1.29 is 9.47 Å². The fourth-order valence-corrected chi connectivity index (χ4v) is 2.29. The lowest BCUT2D eigenvalue weighted by molar-refractivity contribution is 0.0206. The van der Waals surface area contributed by atoms with E-state index in [1.54, 1.807) is 6.20 Å². The van der Waals surface area contributed by atoms with Crippen LogP contribution in [0.1, 0.15) is 12.8 Å². The van der Waals surface area contributed by atoms with E-state index in [9.17, 15) is 0 Å². The first-order valence-electron chi connectivity index (χ1n) is 5.90. The average molecular weight is 348 g/mol. The van der Waals surface area contributed by atoms with Gasteiger partial charge in [0.15, 0.2) is 0 Å². The van der Waals surface area contributed by atoms with Crippen LogP contribution in [0.3, 0.4) is 0 Å². The lowest BCUT2D eigenvalue weighted by atomic mass is 10.2. The van der Waals surface area contributed by atoms with Gasteiger partial charge in [0.05, 0.1) is 22.9 Å². The van der Waals surface area contributed by atoms with E-state index in [0.717, 1.165) is 29.0 Å². The predicted octanol–water partition coefficient (Wildman–Crippen LogP) is 2.29. The summed E-state index contributed by atoms with van der Waals surface area (Å²) >= 11 is 2.27. The van der Waals surface area contributed by atoms with Gasteiger partial charge in [-0.2, -0.15) is 0 Å². The van der Waals surface area contributed by atoms with Crippen molar-refractivity contribution in [3.8, 4) is 0 Å². The summed E-state index contributed by atoms with van der Waals surface area (Å²) in [7, 11) is 0. The standard InChI is InChI=1S/C12H17IN2O2/c13-11-4-1-5-14-12(11)15-6-8-16-9-10-3-2-7-17-10/h1,4-5,10H,2-3,6-9H2,(H,14,15)/t10-/m0/s1. The van der Waals surface area contributed by atoms with E-state index in [1.807, 2.05) is 12.1 Å². The third kappa shape index (κ3) is 4.40. The van der Waals surface area contributed by atoms with Crippen molar-refractivity contribution in [3.05, 3.63) is 21.9 Å². The van der Waals surface area contributed by atoms with Gasteiger partial charge in [-0.3, -0.25) is 0 Å². The van der Waals surface area contributed by atoms with E-state index in [2.05, 4.69) is 32.9 Å². The molecule has 1 aliphatic heterocycles. The van der Waals surface area contributed by atoms with E-state index in [1.165, 1.54) is 6.42 Å². The molecule has 17 heavy (non-hydrogen) atoms. The number of pyridine rings is 1. The monoisotopic (exact) mass is 348 g/mol. The molecule has 0 aliphatic carbocycles. The molecule has 1 atom stereocenters. The van der Waals surface area contributed by atoms with Gasteiger partial charge < -0.3 is 14.8 Å². The number of halogens is 1. The molecule has 94 valence electrons. The van der Waals surface area contributed by atoms with Gasteiger partial charge in [-0.1, -0.05) is 0 Å². The maximum atomic E-state index is 5.56. The molecule has 2 heterocycles. The molecule has 0 radical (unpaired) electrons. The van der Waals surface area contributed by atoms with Crippen LogP contribution >= 0.6 is 22.6 Å². The van der Waals surface area contributed by atoms with Gasteiger partial charge in [-0.05, 0) is 47.6 Å². The van der Waals surface area contributed by atoms with Crippen molar-refractivity contribution in [2.75, 3.05) is 31.7 Å². The predicted molar refractivity (Wildman–Crippen MR) is 75.2 cm³/mol. The fourth-order valence-electron chi connectivity index (χ4n) is 1.75. The Balaban J connectivity index is 1.58. The molecule has 0 bridgehead atoms. The largest absolute Gasteiger partial charge is 0.377 e. The lowest BCUT2D eigenvalue weighted by Crippen LogP contribution is -2.18. The molecule has 2 rings (SSSR count). The van der Waals surface area contributed by atoms with Gasteiger partial charge in [0.2, 0.25) is 0 Å². The van der Waals surface area contributed by atoms with Crippen LogP contribution in [0.25, 0.3) is 0 Å². The molecule has 0 unspecified atom stereocenters. The van der Waals surface area contributed by atoms with E-state index in [4.69, 9.17) is 9.47 Å². The van der Waals surface area contributed by atoms with Crippen molar-refractivity contribution in [2.24, 2.45) is 0 Å². The lowest BCUT2D eigenvalue weighted by Gasteiger charge is -2.11. The quantitative estimate of drug-likeness (QED) is 0.633. The maximum absolute atomic E-state index is 5.56. The molecule has 0 saturated carbocycles. The molecule has 1 aromatic heterocycles. The average Bonchev–Trinajstić information content (AvgIpc) is 2.84. The summed E-state index contributed by atoms with van der Waals surface area (Å²) in [5.74, 6) is 0.925. The Morgan fingerprint density at radius 3 is 3.29 bits per heavy atom. The van der Waals surface area contributed by atoms with Crippen LogP contribution < -0.4 is 5.32 Å². The van der Waals surface area contributed by atoms with Crippen molar-refractivity contribution in [3.63, 3.8) is 0 Å². The summed E-state index contributed by atoms with van der Waals surface area (Å²) in [6, 6.07) is 3.96. The molecule has 4 nitrogen and oxygen atoms in total. The molecular weight excluding hydrogens is 331 g/mol. The number of ether oxygens (including phenoxy) is 2. The normalized spacial score (nSPS) is 19.5. The minimum absolute atomic E-state index is 0.310. The van der Waals surface area contributed by atoms with E-state index >= 15 is 0 Å². The molecule has 1 fully saturated rings. The highest BCUT2D eigenvalue weighted by atomic mass is 127. The van der Waals surface area contributed by atoms with Crippen molar-refractivity contribution in [1.82, 2.24) is 4.98 Å². The molecule has 5 heteroatoms. The number of anilines is 1. The summed E-state index contributed by atoms with van der Waals surface area (Å²) in [4.78, 5) is 4.25. The first-order chi connectivity index (χ1) is 8.36.